The highest BCUT2D eigenvalue weighted by Crippen LogP contribution is 2.37. The van der Waals surface area contributed by atoms with Gasteiger partial charge in [0, 0.05) is 21.5 Å². The maximum Gasteiger partial charge on any atom is 0.312 e. The zero-order valence-corrected chi connectivity index (χ0v) is 24.2. The molecule has 0 saturated carbocycles. The Kier molecular flexibility index (Phi) is 7.21. The molecular weight excluding hydrogens is 656 g/mol. The summed E-state index contributed by atoms with van der Waals surface area (Å²) in [6.07, 6.45) is 1.36. The third kappa shape index (κ3) is 5.41. The van der Waals surface area contributed by atoms with Crippen LogP contribution < -0.4 is 10.3 Å². The smallest absolute Gasteiger partial charge is 0.312 e. The number of furan rings is 1. The minimum absolute atomic E-state index is 0.0923. The van der Waals surface area contributed by atoms with Crippen LogP contribution in [0.1, 0.15) is 11.1 Å². The lowest BCUT2D eigenvalue weighted by Gasteiger charge is -2.10. The highest BCUT2D eigenvalue weighted by atomic mass is 79.9. The SMILES string of the molecule is O=c1c2ccccc2nc(-c2cc3cc(Br)ccc3o2)n1N=Cc1cc(Br)c(OCc2ccccc2)c([N+](=O)[O-])c1. The molecule has 0 aliphatic carbocycles. The monoisotopic (exact) mass is 672 g/mol. The zero-order chi connectivity index (χ0) is 28.5. The highest BCUT2D eigenvalue weighted by molar-refractivity contribution is 9.10. The quantitative estimate of drug-likeness (QED) is 0.0975. The molecule has 2 aromatic heterocycles. The maximum absolute atomic E-state index is 13.6. The van der Waals surface area contributed by atoms with E-state index in [4.69, 9.17) is 9.15 Å². The fourth-order valence-electron chi connectivity index (χ4n) is 4.32. The molecule has 0 unspecified atom stereocenters. The van der Waals surface area contributed by atoms with Gasteiger partial charge in [-0.05, 0) is 64.0 Å². The van der Waals surface area contributed by atoms with Crippen molar-refractivity contribution in [2.75, 3.05) is 0 Å². The first-order valence-corrected chi connectivity index (χ1v) is 13.9. The van der Waals surface area contributed by atoms with Gasteiger partial charge in [0.25, 0.3) is 5.56 Å². The Bertz CT molecular complexity index is 2040. The fourth-order valence-corrected chi connectivity index (χ4v) is 5.28. The first-order valence-electron chi connectivity index (χ1n) is 12.3. The number of nitro groups is 1. The molecular formula is C30H18Br2N4O5. The van der Waals surface area contributed by atoms with Crippen molar-refractivity contribution in [1.82, 2.24) is 9.66 Å². The predicted octanol–water partition coefficient (Wildman–Crippen LogP) is 7.70. The Morgan fingerprint density at radius 1 is 1.00 bits per heavy atom. The Hall–Kier alpha value is -4.61. The molecule has 0 N–H and O–H groups in total. The van der Waals surface area contributed by atoms with Gasteiger partial charge in [-0.25, -0.2) is 4.98 Å². The Balaban J connectivity index is 1.43. The van der Waals surface area contributed by atoms with E-state index in [9.17, 15) is 14.9 Å². The third-order valence-electron chi connectivity index (χ3n) is 6.24. The van der Waals surface area contributed by atoms with Gasteiger partial charge in [0.05, 0.1) is 26.5 Å². The lowest BCUT2D eigenvalue weighted by molar-refractivity contribution is -0.386. The number of nitro benzene ring substituents is 1. The second-order valence-corrected chi connectivity index (χ2v) is 10.8. The van der Waals surface area contributed by atoms with Gasteiger partial charge in [0.2, 0.25) is 11.6 Å². The molecule has 0 aliphatic heterocycles. The number of benzene rings is 4. The van der Waals surface area contributed by atoms with Gasteiger partial charge >= 0.3 is 5.69 Å². The van der Waals surface area contributed by atoms with Crippen LogP contribution in [-0.4, -0.2) is 20.8 Å². The number of rotatable bonds is 7. The molecule has 0 spiro atoms. The second-order valence-electron chi connectivity index (χ2n) is 8.99. The van der Waals surface area contributed by atoms with Crippen LogP contribution in [0.5, 0.6) is 5.75 Å². The highest BCUT2D eigenvalue weighted by Gasteiger charge is 2.21. The summed E-state index contributed by atoms with van der Waals surface area (Å²) in [5.74, 6) is 0.623. The van der Waals surface area contributed by atoms with Crippen LogP contribution in [0.2, 0.25) is 0 Å². The molecule has 0 aliphatic rings. The van der Waals surface area contributed by atoms with Crippen LogP contribution in [0.4, 0.5) is 5.69 Å². The van der Waals surface area contributed by atoms with E-state index in [1.165, 1.54) is 12.3 Å². The van der Waals surface area contributed by atoms with E-state index in [2.05, 4.69) is 41.9 Å². The molecule has 0 radical (unpaired) electrons. The van der Waals surface area contributed by atoms with Crippen molar-refractivity contribution >= 4 is 65.6 Å². The summed E-state index contributed by atoms with van der Waals surface area (Å²) in [6, 6.07) is 26.6. The van der Waals surface area contributed by atoms with Crippen LogP contribution >= 0.6 is 31.9 Å². The van der Waals surface area contributed by atoms with E-state index in [0.717, 1.165) is 20.1 Å². The number of hydrogen-bond donors (Lipinski definition) is 0. The van der Waals surface area contributed by atoms with Crippen LogP contribution in [0.25, 0.3) is 33.5 Å². The third-order valence-corrected chi connectivity index (χ3v) is 7.33. The molecule has 0 fully saturated rings. The van der Waals surface area contributed by atoms with Gasteiger partial charge < -0.3 is 9.15 Å². The average Bonchev–Trinajstić information content (AvgIpc) is 3.39. The Morgan fingerprint density at radius 2 is 1.78 bits per heavy atom. The Morgan fingerprint density at radius 3 is 2.59 bits per heavy atom. The van der Waals surface area contributed by atoms with E-state index in [1.54, 1.807) is 36.4 Å². The van der Waals surface area contributed by atoms with Crippen LogP contribution in [0, 0.1) is 10.1 Å². The number of ether oxygens (including phenoxy) is 1. The summed E-state index contributed by atoms with van der Waals surface area (Å²) in [5.41, 5.74) is 1.68. The molecule has 0 bridgehead atoms. The van der Waals surface area contributed by atoms with Gasteiger partial charge in [-0.15, -0.1) is 0 Å². The summed E-state index contributed by atoms with van der Waals surface area (Å²) in [7, 11) is 0. The lowest BCUT2D eigenvalue weighted by Crippen LogP contribution is -2.20. The van der Waals surface area contributed by atoms with Crippen LogP contribution in [0.3, 0.4) is 0 Å². The van der Waals surface area contributed by atoms with Gasteiger partial charge in [-0.1, -0.05) is 58.4 Å². The van der Waals surface area contributed by atoms with Gasteiger partial charge in [-0.2, -0.15) is 9.78 Å². The van der Waals surface area contributed by atoms with Gasteiger partial charge in [0.15, 0.2) is 5.76 Å². The van der Waals surface area contributed by atoms with Crippen LogP contribution in [-0.2, 0) is 6.61 Å². The molecule has 6 rings (SSSR count). The van der Waals surface area contributed by atoms with Crippen molar-refractivity contribution in [3.63, 3.8) is 0 Å². The van der Waals surface area contributed by atoms with E-state index in [1.807, 2.05) is 48.5 Å². The molecule has 0 amide bonds. The number of para-hydroxylation sites is 1. The van der Waals surface area contributed by atoms with E-state index in [0.29, 0.717) is 32.3 Å². The first-order chi connectivity index (χ1) is 19.9. The number of fused-ring (bicyclic) bond motifs is 2. The van der Waals surface area contributed by atoms with Crippen molar-refractivity contribution in [1.29, 1.82) is 0 Å². The molecule has 9 nitrogen and oxygen atoms in total. The second kappa shape index (κ2) is 11.1. The molecule has 202 valence electrons. The topological polar surface area (TPSA) is 113 Å². The fraction of sp³-hybridized carbons (Fsp3) is 0.0333. The van der Waals surface area contributed by atoms with Crippen molar-refractivity contribution in [3.05, 3.63) is 132 Å². The minimum Gasteiger partial charge on any atom is -0.481 e. The van der Waals surface area contributed by atoms with Crippen molar-refractivity contribution in [2.24, 2.45) is 5.10 Å². The molecule has 0 saturated heterocycles. The first kappa shape index (κ1) is 26.6. The van der Waals surface area contributed by atoms with Gasteiger partial charge in [0.1, 0.15) is 12.2 Å². The molecule has 0 atom stereocenters. The number of nitrogens with zero attached hydrogens (tertiary/aromatic N) is 4. The summed E-state index contributed by atoms with van der Waals surface area (Å²) < 4.78 is 14.2. The zero-order valence-electron chi connectivity index (χ0n) is 21.0. The van der Waals surface area contributed by atoms with Crippen molar-refractivity contribution < 1.29 is 14.1 Å². The summed E-state index contributed by atoms with van der Waals surface area (Å²) in [6.45, 7) is 0.156. The Labute approximate surface area is 249 Å². The van der Waals surface area contributed by atoms with E-state index < -0.39 is 10.5 Å². The minimum atomic E-state index is -0.524. The maximum atomic E-state index is 13.6. The molecule has 4 aromatic carbocycles. The molecule has 2 heterocycles. The normalized spacial score (nSPS) is 11.5. The number of halogens is 2. The standard InChI is InChI=1S/C30H18Br2N4O5/c31-21-10-11-26-20(14-21)15-27(41-26)29-34-24-9-5-4-8-22(24)30(37)35(29)33-16-19-12-23(32)28(25(13-19)36(38)39)40-17-18-6-2-1-3-7-18/h1-16H,17H2. The van der Waals surface area contributed by atoms with Crippen LogP contribution in [0.15, 0.2) is 114 Å². The number of hydrogen-bond acceptors (Lipinski definition) is 7. The van der Waals surface area contributed by atoms with Gasteiger partial charge in [-0.3, -0.25) is 14.9 Å². The largest absolute Gasteiger partial charge is 0.481 e. The summed E-state index contributed by atoms with van der Waals surface area (Å²) in [5, 5.41) is 17.5. The summed E-state index contributed by atoms with van der Waals surface area (Å²) >= 11 is 6.86. The summed E-state index contributed by atoms with van der Waals surface area (Å²) in [4.78, 5) is 29.6. The average molecular weight is 674 g/mol. The van der Waals surface area contributed by atoms with Crippen molar-refractivity contribution in [2.45, 2.75) is 6.61 Å². The molecule has 11 heteroatoms. The van der Waals surface area contributed by atoms with E-state index in [-0.39, 0.29) is 23.9 Å². The number of aromatic nitrogens is 2. The lowest BCUT2D eigenvalue weighted by atomic mass is 10.2. The van der Waals surface area contributed by atoms with Crippen molar-refractivity contribution in [3.8, 4) is 17.3 Å². The van der Waals surface area contributed by atoms with E-state index >= 15 is 0 Å². The molecule has 6 aromatic rings. The predicted molar refractivity (Wildman–Crippen MR) is 163 cm³/mol. The molecule has 41 heavy (non-hydrogen) atoms.